The zero-order valence-corrected chi connectivity index (χ0v) is 10.5. The van der Waals surface area contributed by atoms with Gasteiger partial charge in [0.15, 0.2) is 5.58 Å². The molecule has 1 heterocycles. The SMILES string of the molecule is COC/C(=C\C(=O)O)c1ccc2c(c1)oc(=O)n2C. The van der Waals surface area contributed by atoms with Gasteiger partial charge in [0.1, 0.15) is 0 Å². The first-order chi connectivity index (χ1) is 9.02. The number of hydrogen-bond donors (Lipinski definition) is 1. The fourth-order valence-electron chi connectivity index (χ4n) is 1.85. The lowest BCUT2D eigenvalue weighted by atomic mass is 10.1. The van der Waals surface area contributed by atoms with Crippen molar-refractivity contribution in [1.82, 2.24) is 4.57 Å². The first-order valence-electron chi connectivity index (χ1n) is 5.55. The number of benzene rings is 1. The van der Waals surface area contributed by atoms with Crippen LogP contribution in [0.25, 0.3) is 16.7 Å². The Labute approximate surface area is 108 Å². The van der Waals surface area contributed by atoms with E-state index < -0.39 is 11.7 Å². The van der Waals surface area contributed by atoms with E-state index in [4.69, 9.17) is 14.3 Å². The number of nitrogens with zero attached hydrogens (tertiary/aromatic N) is 1. The molecule has 0 fully saturated rings. The molecule has 0 amide bonds. The van der Waals surface area contributed by atoms with Gasteiger partial charge in [0, 0.05) is 20.2 Å². The first kappa shape index (κ1) is 13.1. The van der Waals surface area contributed by atoms with Crippen LogP contribution in [0.2, 0.25) is 0 Å². The molecule has 6 nitrogen and oxygen atoms in total. The van der Waals surface area contributed by atoms with Gasteiger partial charge in [0.25, 0.3) is 0 Å². The van der Waals surface area contributed by atoms with Crippen molar-refractivity contribution in [3.8, 4) is 0 Å². The minimum atomic E-state index is -1.05. The van der Waals surface area contributed by atoms with Gasteiger partial charge in [-0.1, -0.05) is 6.07 Å². The second-order valence-electron chi connectivity index (χ2n) is 4.05. The molecule has 0 aliphatic heterocycles. The molecule has 6 heteroatoms. The van der Waals surface area contributed by atoms with Crippen molar-refractivity contribution in [3.05, 3.63) is 40.4 Å². The minimum Gasteiger partial charge on any atom is -0.478 e. The van der Waals surface area contributed by atoms with Crippen LogP contribution in [-0.4, -0.2) is 29.4 Å². The van der Waals surface area contributed by atoms with Crippen molar-refractivity contribution >= 4 is 22.6 Å². The van der Waals surface area contributed by atoms with Crippen LogP contribution in [0.5, 0.6) is 0 Å². The zero-order chi connectivity index (χ0) is 14.0. The Morgan fingerprint density at radius 3 is 2.89 bits per heavy atom. The van der Waals surface area contributed by atoms with Crippen molar-refractivity contribution in [2.75, 3.05) is 13.7 Å². The standard InChI is InChI=1S/C13H13NO5/c1-14-10-4-3-8(5-11(10)19-13(14)17)9(7-18-2)6-12(15)16/h3-6H,7H2,1-2H3,(H,15,16)/b9-6+. The van der Waals surface area contributed by atoms with Crippen molar-refractivity contribution in [2.24, 2.45) is 7.05 Å². The topological polar surface area (TPSA) is 81.7 Å². The van der Waals surface area contributed by atoms with Crippen molar-refractivity contribution in [3.63, 3.8) is 0 Å². The van der Waals surface area contributed by atoms with E-state index >= 15 is 0 Å². The number of hydrogen-bond acceptors (Lipinski definition) is 4. The predicted molar refractivity (Wildman–Crippen MR) is 68.9 cm³/mol. The summed E-state index contributed by atoms with van der Waals surface area (Å²) < 4.78 is 11.4. The molecule has 0 atom stereocenters. The average molecular weight is 263 g/mol. The second-order valence-corrected chi connectivity index (χ2v) is 4.05. The Morgan fingerprint density at radius 2 is 2.26 bits per heavy atom. The van der Waals surface area contributed by atoms with Crippen molar-refractivity contribution in [2.45, 2.75) is 0 Å². The number of aliphatic carboxylic acids is 1. The third kappa shape index (κ3) is 2.58. The van der Waals surface area contributed by atoms with Crippen LogP contribution in [0.1, 0.15) is 5.56 Å². The maximum Gasteiger partial charge on any atom is 0.419 e. The summed E-state index contributed by atoms with van der Waals surface area (Å²) in [6.45, 7) is 0.162. The fourth-order valence-corrected chi connectivity index (χ4v) is 1.85. The third-order valence-corrected chi connectivity index (χ3v) is 2.76. The third-order valence-electron chi connectivity index (χ3n) is 2.76. The summed E-state index contributed by atoms with van der Waals surface area (Å²) in [6.07, 6.45) is 1.08. The van der Waals surface area contributed by atoms with Gasteiger partial charge < -0.3 is 14.3 Å². The highest BCUT2D eigenvalue weighted by atomic mass is 16.5. The number of aromatic nitrogens is 1. The van der Waals surface area contributed by atoms with Gasteiger partial charge in [-0.3, -0.25) is 4.57 Å². The molecular formula is C13H13NO5. The van der Waals surface area contributed by atoms with Gasteiger partial charge in [-0.15, -0.1) is 0 Å². The van der Waals surface area contributed by atoms with Crippen LogP contribution in [0.4, 0.5) is 0 Å². The van der Waals surface area contributed by atoms with E-state index in [2.05, 4.69) is 0 Å². The smallest absolute Gasteiger partial charge is 0.419 e. The van der Waals surface area contributed by atoms with E-state index in [0.29, 0.717) is 22.2 Å². The Bertz CT molecular complexity index is 707. The van der Waals surface area contributed by atoms with Gasteiger partial charge in [0.05, 0.1) is 12.1 Å². The van der Waals surface area contributed by atoms with Crippen molar-refractivity contribution < 1.29 is 19.1 Å². The van der Waals surface area contributed by atoms with Gasteiger partial charge >= 0.3 is 11.7 Å². The van der Waals surface area contributed by atoms with E-state index in [0.717, 1.165) is 6.08 Å². The van der Waals surface area contributed by atoms with E-state index in [1.54, 1.807) is 25.2 Å². The van der Waals surface area contributed by atoms with Gasteiger partial charge in [-0.05, 0) is 23.3 Å². The molecule has 0 spiro atoms. The maximum absolute atomic E-state index is 11.4. The number of rotatable bonds is 4. The van der Waals surface area contributed by atoms with E-state index in [1.807, 2.05) is 0 Å². The molecule has 2 aromatic rings. The Balaban J connectivity index is 2.55. The van der Waals surface area contributed by atoms with Crippen LogP contribution < -0.4 is 5.76 Å². The van der Waals surface area contributed by atoms with Crippen LogP contribution in [0.3, 0.4) is 0 Å². The molecule has 1 N–H and O–H groups in total. The Hall–Kier alpha value is -2.34. The number of methoxy groups -OCH3 is 1. The number of aryl methyl sites for hydroxylation is 1. The zero-order valence-electron chi connectivity index (χ0n) is 10.5. The summed E-state index contributed by atoms with van der Waals surface area (Å²) in [5.74, 6) is -1.51. The van der Waals surface area contributed by atoms with Gasteiger partial charge in [0.2, 0.25) is 0 Å². The van der Waals surface area contributed by atoms with E-state index in [-0.39, 0.29) is 6.61 Å². The lowest BCUT2D eigenvalue weighted by molar-refractivity contribution is -0.131. The monoisotopic (exact) mass is 263 g/mol. The van der Waals surface area contributed by atoms with Gasteiger partial charge in [-0.25, -0.2) is 9.59 Å². The maximum atomic E-state index is 11.4. The molecule has 2 rings (SSSR count). The molecule has 0 unspecified atom stereocenters. The second kappa shape index (κ2) is 5.11. The number of carboxylic acid groups (broad SMARTS) is 1. The minimum absolute atomic E-state index is 0.162. The number of ether oxygens (including phenoxy) is 1. The molecule has 1 aromatic carbocycles. The molecule has 0 saturated carbocycles. The molecule has 0 radical (unpaired) electrons. The predicted octanol–water partition coefficient (Wildman–Crippen LogP) is 1.25. The summed E-state index contributed by atoms with van der Waals surface area (Å²) >= 11 is 0. The molecular weight excluding hydrogens is 250 g/mol. The van der Waals surface area contributed by atoms with E-state index in [9.17, 15) is 9.59 Å². The van der Waals surface area contributed by atoms with Crippen molar-refractivity contribution in [1.29, 1.82) is 0 Å². The number of carboxylic acids is 1. The molecule has 0 bridgehead atoms. The first-order valence-corrected chi connectivity index (χ1v) is 5.55. The number of carbonyl (C=O) groups is 1. The Morgan fingerprint density at radius 1 is 1.53 bits per heavy atom. The molecule has 100 valence electrons. The van der Waals surface area contributed by atoms with E-state index in [1.165, 1.54) is 11.7 Å². The summed E-state index contributed by atoms with van der Waals surface area (Å²) in [6, 6.07) is 5.07. The molecule has 0 aliphatic carbocycles. The Kier molecular flexibility index (Phi) is 3.52. The number of fused-ring (bicyclic) bond motifs is 1. The van der Waals surface area contributed by atoms with Crippen LogP contribution in [-0.2, 0) is 16.6 Å². The molecule has 19 heavy (non-hydrogen) atoms. The highest BCUT2D eigenvalue weighted by Crippen LogP contribution is 2.20. The van der Waals surface area contributed by atoms with Crippen LogP contribution >= 0.6 is 0 Å². The summed E-state index contributed by atoms with van der Waals surface area (Å²) in [7, 11) is 3.09. The number of oxazole rings is 1. The fraction of sp³-hybridized carbons (Fsp3) is 0.231. The lowest BCUT2D eigenvalue weighted by Crippen LogP contribution is -2.08. The lowest BCUT2D eigenvalue weighted by Gasteiger charge is -2.05. The van der Waals surface area contributed by atoms with Gasteiger partial charge in [-0.2, -0.15) is 0 Å². The molecule has 1 aromatic heterocycles. The molecule has 0 saturated heterocycles. The highest BCUT2D eigenvalue weighted by Gasteiger charge is 2.10. The average Bonchev–Trinajstić information content (AvgIpc) is 2.63. The van der Waals surface area contributed by atoms with Crippen LogP contribution in [0.15, 0.2) is 33.5 Å². The molecule has 0 aliphatic rings. The normalized spacial score (nSPS) is 12.0. The highest BCUT2D eigenvalue weighted by molar-refractivity contribution is 5.91. The summed E-state index contributed by atoms with van der Waals surface area (Å²) in [5.41, 5.74) is 2.22. The summed E-state index contributed by atoms with van der Waals surface area (Å²) in [4.78, 5) is 22.2. The summed E-state index contributed by atoms with van der Waals surface area (Å²) in [5, 5.41) is 8.82. The largest absolute Gasteiger partial charge is 0.478 e. The quantitative estimate of drug-likeness (QED) is 0.839. The van der Waals surface area contributed by atoms with Crippen LogP contribution in [0, 0.1) is 0 Å².